The van der Waals surface area contributed by atoms with Crippen LogP contribution in [0.25, 0.3) is 6.08 Å². The van der Waals surface area contributed by atoms with Crippen molar-refractivity contribution >= 4 is 23.0 Å². The van der Waals surface area contributed by atoms with Crippen molar-refractivity contribution in [2.45, 2.75) is 11.8 Å². The lowest BCUT2D eigenvalue weighted by atomic mass is 10.1. The van der Waals surface area contributed by atoms with Gasteiger partial charge in [-0.1, -0.05) is 11.6 Å². The fourth-order valence-corrected chi connectivity index (χ4v) is 3.33. The number of nitrogens with two attached hydrogens (primary N) is 2. The zero-order valence-electron chi connectivity index (χ0n) is 17.7. The van der Waals surface area contributed by atoms with Gasteiger partial charge in [0.25, 0.3) is 0 Å². The number of hydrogen-bond acceptors (Lipinski definition) is 4. The molecule has 0 bridgehead atoms. The van der Waals surface area contributed by atoms with E-state index in [9.17, 15) is 13.0 Å². The van der Waals surface area contributed by atoms with Crippen molar-refractivity contribution in [3.8, 4) is 11.5 Å². The fraction of sp³-hybridized carbons (Fsp3) is 0.286. The number of nitrogens with one attached hydrogen (secondary N) is 1. The molecule has 1 atom stereocenters. The zero-order valence-corrected chi connectivity index (χ0v) is 18.5. The number of benzene rings is 2. The lowest BCUT2D eigenvalue weighted by Crippen LogP contribution is -2.27. The smallest absolute Gasteiger partial charge is 0.198 e. The third kappa shape index (κ3) is 8.08. The molecule has 0 saturated heterocycles. The van der Waals surface area contributed by atoms with E-state index in [2.05, 4.69) is 9.71 Å². The minimum absolute atomic E-state index is 0.0620. The van der Waals surface area contributed by atoms with Gasteiger partial charge in [0.15, 0.2) is 23.3 Å². The molecule has 2 rings (SSSR count). The lowest BCUT2D eigenvalue weighted by molar-refractivity contribution is 0.407. The van der Waals surface area contributed by atoms with Crippen molar-refractivity contribution < 1.29 is 17.7 Å². The van der Waals surface area contributed by atoms with Crippen molar-refractivity contribution in [2.24, 2.45) is 16.5 Å². The van der Waals surface area contributed by atoms with Gasteiger partial charge in [0.1, 0.15) is 16.7 Å². The van der Waals surface area contributed by atoms with Gasteiger partial charge in [0.05, 0.1) is 11.4 Å². The molecular formula is C21H27F2N5O2S. The van der Waals surface area contributed by atoms with Gasteiger partial charge < -0.3 is 21.1 Å². The van der Waals surface area contributed by atoms with Crippen molar-refractivity contribution in [1.82, 2.24) is 9.62 Å². The summed E-state index contributed by atoms with van der Waals surface area (Å²) in [5.41, 5.74) is 11.6. The molecule has 31 heavy (non-hydrogen) atoms. The molecule has 0 aliphatic heterocycles. The second kappa shape index (κ2) is 11.5. The Morgan fingerprint density at radius 2 is 1.81 bits per heavy atom. The molecule has 1 unspecified atom stereocenters. The number of likely N-dealkylation sites (N-methyl/N-ethyl adjacent to an activating group) is 1. The number of nitrogens with zero attached hydrogens (tertiary/aromatic N) is 2. The minimum atomic E-state index is -1.39. The third-order valence-corrected chi connectivity index (χ3v) is 5.16. The molecule has 0 spiro atoms. The van der Waals surface area contributed by atoms with Gasteiger partial charge in [-0.25, -0.2) is 22.7 Å². The van der Waals surface area contributed by atoms with Crippen LogP contribution < -0.4 is 20.9 Å². The number of hydrogen-bond donors (Lipinski definition) is 3. The van der Waals surface area contributed by atoms with Crippen LogP contribution in [0.1, 0.15) is 12.5 Å². The summed E-state index contributed by atoms with van der Waals surface area (Å²) < 4.78 is 49.4. The summed E-state index contributed by atoms with van der Waals surface area (Å²) in [6, 6.07) is 8.49. The standard InChI is InChI=1S/C21H27F2N5O2S/c1-14(13-26-21(24)25)10-15-11-18(22)20(19(23)12-15)30-16-4-6-17(7-5-16)31(29)27-8-9-28(2)3/h4-7,10-12,27H,8-9,13H2,1-3H3,(H4,24,25,26)/b14-10+. The Bertz CT molecular complexity index is 951. The number of guanidine groups is 1. The highest BCUT2D eigenvalue weighted by atomic mass is 32.2. The lowest BCUT2D eigenvalue weighted by Gasteiger charge is -2.11. The van der Waals surface area contributed by atoms with Crippen LogP contribution in [0.3, 0.4) is 0 Å². The highest BCUT2D eigenvalue weighted by Crippen LogP contribution is 2.29. The fourth-order valence-electron chi connectivity index (χ4n) is 2.50. The Hall–Kier alpha value is -2.82. The van der Waals surface area contributed by atoms with E-state index in [4.69, 9.17) is 16.2 Å². The molecule has 0 heterocycles. The highest BCUT2D eigenvalue weighted by Gasteiger charge is 2.14. The van der Waals surface area contributed by atoms with E-state index in [0.717, 1.165) is 24.3 Å². The molecule has 5 N–H and O–H groups in total. The Balaban J connectivity index is 2.08. The maximum Gasteiger partial charge on any atom is 0.198 e. The summed E-state index contributed by atoms with van der Waals surface area (Å²) in [6.45, 7) is 3.26. The van der Waals surface area contributed by atoms with Crippen LogP contribution in [0.15, 0.2) is 51.9 Å². The van der Waals surface area contributed by atoms with Crippen molar-refractivity contribution in [3.05, 3.63) is 59.2 Å². The molecule has 2 aromatic rings. The molecule has 0 saturated carbocycles. The van der Waals surface area contributed by atoms with Gasteiger partial charge in [-0.3, -0.25) is 0 Å². The first-order valence-corrected chi connectivity index (χ1v) is 10.6. The molecule has 0 fully saturated rings. The molecule has 0 aliphatic rings. The average Bonchev–Trinajstić information content (AvgIpc) is 2.69. The van der Waals surface area contributed by atoms with Gasteiger partial charge >= 0.3 is 0 Å². The zero-order chi connectivity index (χ0) is 23.0. The van der Waals surface area contributed by atoms with Gasteiger partial charge in [-0.15, -0.1) is 0 Å². The maximum atomic E-state index is 14.4. The van der Waals surface area contributed by atoms with E-state index in [1.54, 1.807) is 25.1 Å². The maximum absolute atomic E-state index is 14.4. The van der Waals surface area contributed by atoms with Crippen molar-refractivity contribution in [3.63, 3.8) is 0 Å². The van der Waals surface area contributed by atoms with Gasteiger partial charge in [0, 0.05) is 13.1 Å². The summed E-state index contributed by atoms with van der Waals surface area (Å²) in [5, 5.41) is 0. The summed E-state index contributed by atoms with van der Waals surface area (Å²) >= 11 is 0. The van der Waals surface area contributed by atoms with Crippen LogP contribution in [0, 0.1) is 11.6 Å². The van der Waals surface area contributed by atoms with E-state index < -0.39 is 28.4 Å². The van der Waals surface area contributed by atoms with E-state index >= 15 is 0 Å². The number of rotatable bonds is 10. The van der Waals surface area contributed by atoms with Crippen molar-refractivity contribution in [2.75, 3.05) is 33.7 Å². The van der Waals surface area contributed by atoms with Gasteiger partial charge in [-0.2, -0.15) is 0 Å². The molecule has 0 aliphatic carbocycles. The normalized spacial score (nSPS) is 12.6. The summed E-state index contributed by atoms with van der Waals surface area (Å²) in [6.07, 6.45) is 1.58. The summed E-state index contributed by atoms with van der Waals surface area (Å²) in [4.78, 5) is 6.35. The molecule has 0 aromatic heterocycles. The summed E-state index contributed by atoms with van der Waals surface area (Å²) in [7, 11) is 2.46. The monoisotopic (exact) mass is 451 g/mol. The first kappa shape index (κ1) is 24.4. The SMILES string of the molecule is C/C(=C\c1cc(F)c(Oc2ccc(S(=O)NCCN(C)C)cc2)c(F)c1)CN=C(N)N. The second-order valence-electron chi connectivity index (χ2n) is 7.09. The van der Waals surface area contributed by atoms with Crippen LogP contribution in [0.2, 0.25) is 0 Å². The highest BCUT2D eigenvalue weighted by molar-refractivity contribution is 7.83. The first-order chi connectivity index (χ1) is 14.7. The second-order valence-corrected chi connectivity index (χ2v) is 8.38. The van der Waals surface area contributed by atoms with Crippen molar-refractivity contribution in [1.29, 1.82) is 0 Å². The topological polar surface area (TPSA) is 106 Å². The van der Waals surface area contributed by atoms with E-state index in [1.165, 1.54) is 12.1 Å². The van der Waals surface area contributed by atoms with Crippen LogP contribution in [0.4, 0.5) is 8.78 Å². The Labute approximate surface area is 183 Å². The number of ether oxygens (including phenoxy) is 1. The van der Waals surface area contributed by atoms with E-state index in [0.29, 0.717) is 17.0 Å². The van der Waals surface area contributed by atoms with E-state index in [-0.39, 0.29) is 18.3 Å². The largest absolute Gasteiger partial charge is 0.451 e. The number of halogens is 2. The first-order valence-electron chi connectivity index (χ1n) is 9.45. The average molecular weight is 452 g/mol. The van der Waals surface area contributed by atoms with Gasteiger partial charge in [0.2, 0.25) is 0 Å². The Kier molecular flexibility index (Phi) is 9.10. The predicted octanol–water partition coefficient (Wildman–Crippen LogP) is 2.61. The Morgan fingerprint density at radius 1 is 1.19 bits per heavy atom. The van der Waals surface area contributed by atoms with E-state index in [1.807, 2.05) is 19.0 Å². The number of aliphatic imine (C=N–C) groups is 1. The molecule has 168 valence electrons. The molecular weight excluding hydrogens is 424 g/mol. The molecule has 0 radical (unpaired) electrons. The molecule has 10 heteroatoms. The van der Waals surface area contributed by atoms with Crippen LogP contribution >= 0.6 is 0 Å². The van der Waals surface area contributed by atoms with Gasteiger partial charge in [-0.05, 0) is 63.0 Å². The molecule has 2 aromatic carbocycles. The van der Waals surface area contributed by atoms with Crippen LogP contribution in [0.5, 0.6) is 11.5 Å². The predicted molar refractivity (Wildman–Crippen MR) is 120 cm³/mol. The van der Waals surface area contributed by atoms with Crippen LogP contribution in [-0.2, 0) is 11.0 Å². The quantitative estimate of drug-likeness (QED) is 0.380. The molecule has 0 amide bonds. The van der Waals surface area contributed by atoms with Crippen LogP contribution in [-0.4, -0.2) is 48.8 Å². The third-order valence-electron chi connectivity index (χ3n) is 3.99. The molecule has 7 nitrogen and oxygen atoms in total. The minimum Gasteiger partial charge on any atom is -0.451 e. The Morgan fingerprint density at radius 3 is 2.35 bits per heavy atom. The summed E-state index contributed by atoms with van der Waals surface area (Å²) in [5.74, 6) is -2.05.